The predicted molar refractivity (Wildman–Crippen MR) is 80.4 cm³/mol. The van der Waals surface area contributed by atoms with Crippen LogP contribution in [0.2, 0.25) is 0 Å². The average Bonchev–Trinajstić information content (AvgIpc) is 2.96. The van der Waals surface area contributed by atoms with E-state index in [9.17, 15) is 4.79 Å². The molecule has 1 unspecified atom stereocenters. The Bertz CT molecular complexity index is 704. The van der Waals surface area contributed by atoms with Gasteiger partial charge in [0, 0.05) is 25.8 Å². The number of amides is 1. The molecule has 4 rings (SSSR count). The van der Waals surface area contributed by atoms with Gasteiger partial charge in [0.2, 0.25) is 5.89 Å². The molecule has 0 aromatic carbocycles. The number of aryl methyl sites for hydroxylation is 1. The van der Waals surface area contributed by atoms with Crippen molar-refractivity contribution < 1.29 is 9.32 Å². The zero-order chi connectivity index (χ0) is 15.8. The Morgan fingerprint density at radius 2 is 2.30 bits per heavy atom. The monoisotopic (exact) mass is 316 g/mol. The zero-order valence-corrected chi connectivity index (χ0v) is 13.1. The van der Waals surface area contributed by atoms with E-state index in [1.165, 1.54) is 0 Å². The van der Waals surface area contributed by atoms with Crippen LogP contribution in [0.5, 0.6) is 0 Å². The van der Waals surface area contributed by atoms with E-state index in [-0.39, 0.29) is 23.8 Å². The SMILES string of the molecule is Cn1nccc1CN1CCCC1c1nc(C(=O)NC2CC2)no1. The molecule has 2 aromatic heterocycles. The van der Waals surface area contributed by atoms with Gasteiger partial charge in [-0.25, -0.2) is 0 Å². The quantitative estimate of drug-likeness (QED) is 0.886. The second-order valence-corrected chi connectivity index (χ2v) is 6.28. The van der Waals surface area contributed by atoms with Crippen LogP contribution in [-0.4, -0.2) is 43.3 Å². The van der Waals surface area contributed by atoms with Crippen molar-refractivity contribution in [2.45, 2.75) is 44.3 Å². The molecule has 1 saturated heterocycles. The van der Waals surface area contributed by atoms with Crippen LogP contribution < -0.4 is 5.32 Å². The van der Waals surface area contributed by atoms with E-state index in [2.05, 4.69) is 25.5 Å². The topological polar surface area (TPSA) is 89.1 Å². The summed E-state index contributed by atoms with van der Waals surface area (Å²) in [5.41, 5.74) is 1.14. The smallest absolute Gasteiger partial charge is 0.292 e. The number of rotatable bonds is 5. The number of aromatic nitrogens is 4. The Labute approximate surface area is 133 Å². The van der Waals surface area contributed by atoms with Gasteiger partial charge in [-0.3, -0.25) is 14.4 Å². The van der Waals surface area contributed by atoms with Crippen molar-refractivity contribution in [2.75, 3.05) is 6.54 Å². The maximum absolute atomic E-state index is 12.0. The zero-order valence-electron chi connectivity index (χ0n) is 13.1. The number of carbonyl (C=O) groups excluding carboxylic acids is 1. The molecule has 1 atom stereocenters. The van der Waals surface area contributed by atoms with Crippen LogP contribution in [0.1, 0.15) is 53.9 Å². The van der Waals surface area contributed by atoms with Crippen molar-refractivity contribution in [3.63, 3.8) is 0 Å². The summed E-state index contributed by atoms with van der Waals surface area (Å²) in [6, 6.07) is 2.37. The molecule has 1 N–H and O–H groups in total. The molecular formula is C15H20N6O2. The lowest BCUT2D eigenvalue weighted by Gasteiger charge is -2.21. The summed E-state index contributed by atoms with van der Waals surface area (Å²) in [5.74, 6) is 0.434. The molecule has 2 aromatic rings. The number of likely N-dealkylation sites (tertiary alicyclic amines) is 1. The minimum absolute atomic E-state index is 0.0693. The molecule has 0 radical (unpaired) electrons. The molecule has 0 spiro atoms. The first-order chi connectivity index (χ1) is 11.2. The molecule has 1 amide bonds. The van der Waals surface area contributed by atoms with Crippen LogP contribution in [-0.2, 0) is 13.6 Å². The molecule has 2 fully saturated rings. The molecular weight excluding hydrogens is 296 g/mol. The number of nitrogens with one attached hydrogen (secondary N) is 1. The summed E-state index contributed by atoms with van der Waals surface area (Å²) in [5, 5.41) is 10.9. The second kappa shape index (κ2) is 5.77. The van der Waals surface area contributed by atoms with Gasteiger partial charge in [-0.1, -0.05) is 5.16 Å². The van der Waals surface area contributed by atoms with Crippen molar-refractivity contribution in [3.8, 4) is 0 Å². The highest BCUT2D eigenvalue weighted by Gasteiger charge is 2.32. The van der Waals surface area contributed by atoms with Gasteiger partial charge in [0.25, 0.3) is 11.7 Å². The largest absolute Gasteiger partial charge is 0.346 e. The van der Waals surface area contributed by atoms with Crippen molar-refractivity contribution >= 4 is 5.91 Å². The van der Waals surface area contributed by atoms with Crippen LogP contribution in [0.3, 0.4) is 0 Å². The molecule has 1 aliphatic heterocycles. The summed E-state index contributed by atoms with van der Waals surface area (Å²) in [4.78, 5) is 18.6. The van der Waals surface area contributed by atoms with E-state index in [0.717, 1.165) is 44.5 Å². The molecule has 122 valence electrons. The van der Waals surface area contributed by atoms with Crippen LogP contribution in [0, 0.1) is 0 Å². The fourth-order valence-corrected chi connectivity index (χ4v) is 3.00. The molecule has 1 saturated carbocycles. The summed E-state index contributed by atoms with van der Waals surface area (Å²) in [6.07, 6.45) is 5.92. The van der Waals surface area contributed by atoms with E-state index >= 15 is 0 Å². The maximum Gasteiger partial charge on any atom is 0.292 e. The van der Waals surface area contributed by atoms with Gasteiger partial charge in [-0.2, -0.15) is 10.1 Å². The number of nitrogens with zero attached hydrogens (tertiary/aromatic N) is 5. The molecule has 2 aliphatic rings. The van der Waals surface area contributed by atoms with Crippen LogP contribution in [0.4, 0.5) is 0 Å². The molecule has 23 heavy (non-hydrogen) atoms. The minimum atomic E-state index is -0.237. The Balaban J connectivity index is 1.46. The normalized spacial score (nSPS) is 21.7. The van der Waals surface area contributed by atoms with Crippen molar-refractivity contribution in [1.82, 2.24) is 30.1 Å². The summed E-state index contributed by atoms with van der Waals surface area (Å²) in [7, 11) is 1.94. The Morgan fingerprint density at radius 1 is 1.43 bits per heavy atom. The predicted octanol–water partition coefficient (Wildman–Crippen LogP) is 1.03. The molecule has 1 aliphatic carbocycles. The van der Waals surface area contributed by atoms with Crippen molar-refractivity contribution in [2.24, 2.45) is 7.05 Å². The van der Waals surface area contributed by atoms with E-state index in [1.54, 1.807) is 6.20 Å². The molecule has 8 nitrogen and oxygen atoms in total. The fraction of sp³-hybridized carbons (Fsp3) is 0.600. The standard InChI is InChI=1S/C15H20N6O2/c1-20-11(6-7-16-20)9-21-8-2-3-12(21)15-18-13(19-23-15)14(22)17-10-4-5-10/h6-7,10,12H,2-5,8-9H2,1H3,(H,17,22). The van der Waals surface area contributed by atoms with Crippen LogP contribution in [0.15, 0.2) is 16.8 Å². The summed E-state index contributed by atoms with van der Waals surface area (Å²) >= 11 is 0. The van der Waals surface area contributed by atoms with Crippen LogP contribution in [0.25, 0.3) is 0 Å². The Morgan fingerprint density at radius 3 is 3.04 bits per heavy atom. The highest BCUT2D eigenvalue weighted by atomic mass is 16.5. The van der Waals surface area contributed by atoms with Gasteiger partial charge < -0.3 is 9.84 Å². The Hall–Kier alpha value is -2.22. The van der Waals surface area contributed by atoms with Gasteiger partial charge in [-0.05, 0) is 38.3 Å². The van der Waals surface area contributed by atoms with E-state index < -0.39 is 0 Å². The van der Waals surface area contributed by atoms with Gasteiger partial charge in [0.05, 0.1) is 11.7 Å². The van der Waals surface area contributed by atoms with Gasteiger partial charge >= 0.3 is 0 Å². The van der Waals surface area contributed by atoms with Gasteiger partial charge in [-0.15, -0.1) is 0 Å². The van der Waals surface area contributed by atoms with E-state index in [1.807, 2.05) is 17.8 Å². The lowest BCUT2D eigenvalue weighted by molar-refractivity contribution is 0.0937. The highest BCUT2D eigenvalue weighted by Crippen LogP contribution is 2.32. The van der Waals surface area contributed by atoms with Crippen LogP contribution >= 0.6 is 0 Å². The molecule has 3 heterocycles. The first-order valence-electron chi connectivity index (χ1n) is 8.06. The summed E-state index contributed by atoms with van der Waals surface area (Å²) in [6.45, 7) is 1.76. The van der Waals surface area contributed by atoms with Gasteiger partial charge in [0.1, 0.15) is 0 Å². The van der Waals surface area contributed by atoms with Crippen molar-refractivity contribution in [3.05, 3.63) is 29.7 Å². The third-order valence-electron chi connectivity index (χ3n) is 4.49. The third kappa shape index (κ3) is 2.98. The first kappa shape index (κ1) is 14.4. The van der Waals surface area contributed by atoms with E-state index in [4.69, 9.17) is 4.52 Å². The first-order valence-corrected chi connectivity index (χ1v) is 8.06. The molecule has 8 heteroatoms. The summed E-state index contributed by atoms with van der Waals surface area (Å²) < 4.78 is 7.24. The average molecular weight is 316 g/mol. The van der Waals surface area contributed by atoms with Gasteiger partial charge in [0.15, 0.2) is 0 Å². The highest BCUT2D eigenvalue weighted by molar-refractivity contribution is 5.90. The molecule has 0 bridgehead atoms. The number of hydrogen-bond donors (Lipinski definition) is 1. The van der Waals surface area contributed by atoms with E-state index in [0.29, 0.717) is 5.89 Å². The van der Waals surface area contributed by atoms with Crippen molar-refractivity contribution in [1.29, 1.82) is 0 Å². The lowest BCUT2D eigenvalue weighted by Crippen LogP contribution is -2.27. The maximum atomic E-state index is 12.0. The fourth-order valence-electron chi connectivity index (χ4n) is 3.00. The second-order valence-electron chi connectivity index (χ2n) is 6.28. The lowest BCUT2D eigenvalue weighted by atomic mass is 10.2. The third-order valence-corrected chi connectivity index (χ3v) is 4.49. The number of carbonyl (C=O) groups is 1. The minimum Gasteiger partial charge on any atom is -0.346 e. The number of hydrogen-bond acceptors (Lipinski definition) is 6. The Kier molecular flexibility index (Phi) is 3.60.